The van der Waals surface area contributed by atoms with Crippen LogP contribution in [0.5, 0.6) is 5.75 Å². The van der Waals surface area contributed by atoms with E-state index in [1.165, 1.54) is 7.11 Å². The molecule has 1 aromatic carbocycles. The summed E-state index contributed by atoms with van der Waals surface area (Å²) in [4.78, 5) is 13.8. The molecular weight excluding hydrogens is 298 g/mol. The Kier molecular flexibility index (Phi) is 5.27. The Labute approximate surface area is 126 Å². The minimum atomic E-state index is -0.839. The number of nitrogens with one attached hydrogen (secondary N) is 1. The number of hydrogen-bond donors (Lipinski definition) is 1. The van der Waals surface area contributed by atoms with Crippen molar-refractivity contribution in [3.63, 3.8) is 0 Å². The number of rotatable bonds is 3. The first-order valence-electron chi connectivity index (χ1n) is 6.75. The quantitative estimate of drug-likeness (QED) is 0.930. The highest BCUT2D eigenvalue weighted by molar-refractivity contribution is 8.00. The second-order valence-corrected chi connectivity index (χ2v) is 6.16. The Bertz CT molecular complexity index is 505. The molecule has 1 aliphatic rings. The SMILES string of the molecule is CC[C@H]1CN(C(=O)Nc2cc(F)c(OC)c(F)c2)CCS1. The van der Waals surface area contributed by atoms with Crippen molar-refractivity contribution >= 4 is 23.5 Å². The normalized spacial score (nSPS) is 18.5. The summed E-state index contributed by atoms with van der Waals surface area (Å²) in [6.45, 7) is 3.36. The van der Waals surface area contributed by atoms with Gasteiger partial charge in [-0.1, -0.05) is 6.92 Å². The molecule has 21 heavy (non-hydrogen) atoms. The van der Waals surface area contributed by atoms with Gasteiger partial charge in [-0.15, -0.1) is 0 Å². The Balaban J connectivity index is 2.06. The molecule has 1 saturated heterocycles. The maximum absolute atomic E-state index is 13.6. The average molecular weight is 316 g/mol. The van der Waals surface area contributed by atoms with E-state index >= 15 is 0 Å². The molecule has 0 aromatic heterocycles. The molecule has 1 atom stereocenters. The molecule has 1 heterocycles. The van der Waals surface area contributed by atoms with Crippen LogP contribution in [0, 0.1) is 11.6 Å². The number of halogens is 2. The number of carbonyl (C=O) groups is 1. The highest BCUT2D eigenvalue weighted by atomic mass is 32.2. The summed E-state index contributed by atoms with van der Waals surface area (Å²) >= 11 is 1.84. The van der Waals surface area contributed by atoms with Crippen molar-refractivity contribution < 1.29 is 18.3 Å². The van der Waals surface area contributed by atoms with Gasteiger partial charge in [0.15, 0.2) is 17.4 Å². The summed E-state index contributed by atoms with van der Waals surface area (Å²) in [5.41, 5.74) is 0.0853. The zero-order chi connectivity index (χ0) is 15.4. The third-order valence-electron chi connectivity index (χ3n) is 3.34. The summed E-state index contributed by atoms with van der Waals surface area (Å²) in [5, 5.41) is 2.94. The number of benzene rings is 1. The zero-order valence-electron chi connectivity index (χ0n) is 12.0. The zero-order valence-corrected chi connectivity index (χ0v) is 12.8. The molecule has 7 heteroatoms. The number of hydrogen-bond acceptors (Lipinski definition) is 3. The van der Waals surface area contributed by atoms with Crippen molar-refractivity contribution in [3.8, 4) is 5.75 Å². The van der Waals surface area contributed by atoms with Crippen molar-refractivity contribution in [3.05, 3.63) is 23.8 Å². The number of nitrogens with zero attached hydrogens (tertiary/aromatic N) is 1. The lowest BCUT2D eigenvalue weighted by molar-refractivity contribution is 0.213. The van der Waals surface area contributed by atoms with Gasteiger partial charge in [0, 0.05) is 41.9 Å². The van der Waals surface area contributed by atoms with Crippen LogP contribution in [0.25, 0.3) is 0 Å². The number of ether oxygens (including phenoxy) is 1. The van der Waals surface area contributed by atoms with Gasteiger partial charge in [-0.3, -0.25) is 0 Å². The molecule has 1 N–H and O–H groups in total. The predicted octanol–water partition coefficient (Wildman–Crippen LogP) is 3.33. The van der Waals surface area contributed by atoms with Gasteiger partial charge in [0.2, 0.25) is 0 Å². The topological polar surface area (TPSA) is 41.6 Å². The fourth-order valence-electron chi connectivity index (χ4n) is 2.18. The van der Waals surface area contributed by atoms with Gasteiger partial charge in [-0.2, -0.15) is 11.8 Å². The molecule has 116 valence electrons. The fraction of sp³-hybridized carbons (Fsp3) is 0.500. The fourth-order valence-corrected chi connectivity index (χ4v) is 3.36. The van der Waals surface area contributed by atoms with Crippen LogP contribution < -0.4 is 10.1 Å². The van der Waals surface area contributed by atoms with E-state index in [2.05, 4.69) is 17.0 Å². The average Bonchev–Trinajstić information content (AvgIpc) is 2.47. The number of amides is 2. The summed E-state index contributed by atoms with van der Waals surface area (Å²) < 4.78 is 31.8. The molecule has 0 saturated carbocycles. The molecule has 1 aromatic rings. The molecule has 2 amide bonds. The van der Waals surface area contributed by atoms with Crippen LogP contribution in [0.4, 0.5) is 19.3 Å². The van der Waals surface area contributed by atoms with Crippen LogP contribution in [-0.2, 0) is 0 Å². The highest BCUT2D eigenvalue weighted by Gasteiger charge is 2.23. The Morgan fingerprint density at radius 2 is 2.14 bits per heavy atom. The van der Waals surface area contributed by atoms with E-state index in [-0.39, 0.29) is 11.7 Å². The van der Waals surface area contributed by atoms with Crippen LogP contribution >= 0.6 is 11.8 Å². The number of thioether (sulfide) groups is 1. The molecule has 0 radical (unpaired) electrons. The molecule has 0 unspecified atom stereocenters. The minimum Gasteiger partial charge on any atom is -0.491 e. The third-order valence-corrected chi connectivity index (χ3v) is 4.71. The highest BCUT2D eigenvalue weighted by Crippen LogP contribution is 2.26. The number of methoxy groups -OCH3 is 1. The molecule has 4 nitrogen and oxygen atoms in total. The van der Waals surface area contributed by atoms with Crippen molar-refractivity contribution in [2.45, 2.75) is 18.6 Å². The van der Waals surface area contributed by atoms with Crippen LogP contribution in [0.1, 0.15) is 13.3 Å². The van der Waals surface area contributed by atoms with E-state index in [1.807, 2.05) is 11.8 Å². The van der Waals surface area contributed by atoms with Gasteiger partial charge in [0.1, 0.15) is 0 Å². The van der Waals surface area contributed by atoms with Gasteiger partial charge in [-0.25, -0.2) is 13.6 Å². The molecule has 0 aliphatic carbocycles. The number of carbonyl (C=O) groups excluding carboxylic acids is 1. The number of anilines is 1. The number of urea groups is 1. The lowest BCUT2D eigenvalue weighted by Crippen LogP contribution is -2.44. The van der Waals surface area contributed by atoms with Gasteiger partial charge in [-0.05, 0) is 6.42 Å². The van der Waals surface area contributed by atoms with E-state index in [4.69, 9.17) is 0 Å². The Hall–Kier alpha value is -1.50. The smallest absolute Gasteiger partial charge is 0.321 e. The first kappa shape index (κ1) is 15.9. The second-order valence-electron chi connectivity index (χ2n) is 4.75. The summed E-state index contributed by atoms with van der Waals surface area (Å²) in [7, 11) is 1.19. The van der Waals surface area contributed by atoms with E-state index in [0.29, 0.717) is 18.3 Å². The molecular formula is C14H18F2N2O2S. The maximum Gasteiger partial charge on any atom is 0.321 e. The van der Waals surface area contributed by atoms with Crippen LogP contribution in [-0.4, -0.2) is 42.1 Å². The molecule has 1 fully saturated rings. The van der Waals surface area contributed by atoms with Gasteiger partial charge < -0.3 is 15.0 Å². The molecule has 0 spiro atoms. The van der Waals surface area contributed by atoms with Crippen molar-refractivity contribution in [1.29, 1.82) is 0 Å². The third kappa shape index (κ3) is 3.78. The monoisotopic (exact) mass is 316 g/mol. The minimum absolute atomic E-state index is 0.0853. The predicted molar refractivity (Wildman–Crippen MR) is 80.0 cm³/mol. The van der Waals surface area contributed by atoms with Crippen LogP contribution in [0.2, 0.25) is 0 Å². The van der Waals surface area contributed by atoms with Crippen LogP contribution in [0.15, 0.2) is 12.1 Å². The van der Waals surface area contributed by atoms with Crippen molar-refractivity contribution in [1.82, 2.24) is 4.90 Å². The van der Waals surface area contributed by atoms with Gasteiger partial charge in [0.25, 0.3) is 0 Å². The summed E-state index contributed by atoms with van der Waals surface area (Å²) in [6, 6.07) is 1.77. The Morgan fingerprint density at radius 3 is 2.71 bits per heavy atom. The summed E-state index contributed by atoms with van der Waals surface area (Å²) in [5.74, 6) is -1.26. The van der Waals surface area contributed by atoms with E-state index < -0.39 is 17.4 Å². The van der Waals surface area contributed by atoms with E-state index in [1.54, 1.807) is 4.90 Å². The largest absolute Gasteiger partial charge is 0.491 e. The first-order valence-corrected chi connectivity index (χ1v) is 7.80. The van der Waals surface area contributed by atoms with E-state index in [0.717, 1.165) is 24.3 Å². The van der Waals surface area contributed by atoms with E-state index in [9.17, 15) is 13.6 Å². The first-order chi connectivity index (χ1) is 10.0. The lowest BCUT2D eigenvalue weighted by Gasteiger charge is -2.31. The van der Waals surface area contributed by atoms with Gasteiger partial charge in [0.05, 0.1) is 7.11 Å². The molecule has 0 bridgehead atoms. The molecule has 2 rings (SSSR count). The lowest BCUT2D eigenvalue weighted by atomic mass is 10.2. The Morgan fingerprint density at radius 1 is 1.48 bits per heavy atom. The maximum atomic E-state index is 13.6. The van der Waals surface area contributed by atoms with Crippen LogP contribution in [0.3, 0.4) is 0 Å². The van der Waals surface area contributed by atoms with Crippen molar-refractivity contribution in [2.24, 2.45) is 0 Å². The van der Waals surface area contributed by atoms with Crippen molar-refractivity contribution in [2.75, 3.05) is 31.3 Å². The second kappa shape index (κ2) is 6.98. The van der Waals surface area contributed by atoms with Gasteiger partial charge >= 0.3 is 6.03 Å². The standard InChI is InChI=1S/C14H18F2N2O2S/c1-3-10-8-18(4-5-21-10)14(19)17-9-6-11(15)13(20-2)12(16)7-9/h6-7,10H,3-5,8H2,1-2H3,(H,17,19)/t10-/m0/s1. The molecule has 1 aliphatic heterocycles. The summed E-state index contributed by atoms with van der Waals surface area (Å²) in [6.07, 6.45) is 0.986.